The summed E-state index contributed by atoms with van der Waals surface area (Å²) in [6.07, 6.45) is 4.64. The summed E-state index contributed by atoms with van der Waals surface area (Å²) >= 11 is 5.96. The number of para-hydroxylation sites is 1. The number of rotatable bonds is 4. The summed E-state index contributed by atoms with van der Waals surface area (Å²) in [6, 6.07) is 6.89. The molecule has 23 heavy (non-hydrogen) atoms. The van der Waals surface area contributed by atoms with Crippen molar-refractivity contribution in [1.82, 2.24) is 20.6 Å². The van der Waals surface area contributed by atoms with Crippen molar-refractivity contribution < 1.29 is 9.53 Å². The molecule has 1 amide bonds. The van der Waals surface area contributed by atoms with Crippen LogP contribution in [-0.2, 0) is 0 Å². The Hall–Kier alpha value is -2.93. The van der Waals surface area contributed by atoms with Gasteiger partial charge in [-0.3, -0.25) is 14.9 Å². The molecular weight excluding hydrogens is 318 g/mol. The van der Waals surface area contributed by atoms with Crippen LogP contribution in [-0.4, -0.2) is 34.4 Å². The molecular formula is C15H12ClN5O2. The van der Waals surface area contributed by atoms with Gasteiger partial charge in [0.05, 0.1) is 24.3 Å². The number of nitrogens with zero attached hydrogens (tertiary/aromatic N) is 3. The van der Waals surface area contributed by atoms with E-state index >= 15 is 0 Å². The number of fused-ring (bicyclic) bond motifs is 1. The summed E-state index contributed by atoms with van der Waals surface area (Å²) in [4.78, 5) is 16.2. The molecule has 2 heterocycles. The second-order valence-electron chi connectivity index (χ2n) is 4.56. The normalized spacial score (nSPS) is 11.0. The number of benzene rings is 1. The predicted octanol–water partition coefficient (Wildman–Crippen LogP) is 2.38. The van der Waals surface area contributed by atoms with Gasteiger partial charge in [0.2, 0.25) is 0 Å². The minimum Gasteiger partial charge on any atom is -0.496 e. The molecule has 1 aromatic carbocycles. The van der Waals surface area contributed by atoms with Crippen LogP contribution in [0.4, 0.5) is 0 Å². The van der Waals surface area contributed by atoms with E-state index < -0.39 is 0 Å². The number of carbonyl (C=O) groups is 1. The lowest BCUT2D eigenvalue weighted by atomic mass is 10.2. The van der Waals surface area contributed by atoms with Gasteiger partial charge >= 0.3 is 0 Å². The maximum Gasteiger partial charge on any atom is 0.275 e. The molecule has 0 saturated carbocycles. The average molecular weight is 330 g/mol. The van der Waals surface area contributed by atoms with Gasteiger partial charge in [0.25, 0.3) is 5.91 Å². The molecule has 0 unspecified atom stereocenters. The number of carbonyl (C=O) groups excluding carboxylic acids is 1. The first-order chi connectivity index (χ1) is 11.2. The number of H-pyrrole nitrogens is 1. The van der Waals surface area contributed by atoms with E-state index in [2.05, 4.69) is 25.7 Å². The number of pyridine rings is 1. The summed E-state index contributed by atoms with van der Waals surface area (Å²) in [7, 11) is 1.50. The van der Waals surface area contributed by atoms with Gasteiger partial charge in [-0.05, 0) is 12.1 Å². The smallest absolute Gasteiger partial charge is 0.275 e. The van der Waals surface area contributed by atoms with E-state index in [0.29, 0.717) is 32.9 Å². The number of nitrogens with one attached hydrogen (secondary N) is 2. The summed E-state index contributed by atoms with van der Waals surface area (Å²) in [5.41, 5.74) is 4.10. The number of aromatic nitrogens is 3. The average Bonchev–Trinajstić information content (AvgIpc) is 2.97. The SMILES string of the molecule is COc1ccccc1C(=O)N/N=C/c1cncc2c(Cl)[nH]nc12. The Balaban J connectivity index is 1.79. The number of methoxy groups -OCH3 is 1. The molecule has 7 nitrogen and oxygen atoms in total. The molecule has 0 spiro atoms. The number of aromatic amines is 1. The van der Waals surface area contributed by atoms with E-state index in [-0.39, 0.29) is 5.91 Å². The first-order valence-corrected chi connectivity index (χ1v) is 7.02. The zero-order chi connectivity index (χ0) is 16.2. The molecule has 0 aliphatic carbocycles. The van der Waals surface area contributed by atoms with Crippen LogP contribution in [0, 0.1) is 0 Å². The first-order valence-electron chi connectivity index (χ1n) is 6.64. The summed E-state index contributed by atoms with van der Waals surface area (Å²) in [5.74, 6) is 0.0990. The molecule has 0 atom stereocenters. The number of hydrogen-bond acceptors (Lipinski definition) is 5. The number of hydrazone groups is 1. The lowest BCUT2D eigenvalue weighted by Crippen LogP contribution is -2.18. The van der Waals surface area contributed by atoms with Gasteiger partial charge in [-0.2, -0.15) is 10.2 Å². The molecule has 2 N–H and O–H groups in total. The molecule has 2 aromatic heterocycles. The van der Waals surface area contributed by atoms with Crippen molar-refractivity contribution in [2.24, 2.45) is 5.10 Å². The maximum absolute atomic E-state index is 12.1. The zero-order valence-electron chi connectivity index (χ0n) is 12.1. The van der Waals surface area contributed by atoms with Crippen molar-refractivity contribution >= 4 is 34.6 Å². The van der Waals surface area contributed by atoms with Crippen LogP contribution in [0.3, 0.4) is 0 Å². The van der Waals surface area contributed by atoms with Gasteiger partial charge in [0.15, 0.2) is 0 Å². The minimum absolute atomic E-state index is 0.376. The highest BCUT2D eigenvalue weighted by Crippen LogP contribution is 2.21. The van der Waals surface area contributed by atoms with Crippen LogP contribution in [0.25, 0.3) is 10.9 Å². The van der Waals surface area contributed by atoms with Gasteiger partial charge in [0.1, 0.15) is 16.4 Å². The second-order valence-corrected chi connectivity index (χ2v) is 4.94. The fraction of sp³-hybridized carbons (Fsp3) is 0.0667. The molecule has 0 bridgehead atoms. The first kappa shape index (κ1) is 15.0. The van der Waals surface area contributed by atoms with Gasteiger partial charge in [-0.15, -0.1) is 0 Å². The fourth-order valence-electron chi connectivity index (χ4n) is 2.07. The van der Waals surface area contributed by atoms with Gasteiger partial charge in [-0.25, -0.2) is 5.43 Å². The molecule has 0 saturated heterocycles. The molecule has 3 rings (SSSR count). The highest BCUT2D eigenvalue weighted by Gasteiger charge is 2.10. The van der Waals surface area contributed by atoms with Crippen LogP contribution in [0.5, 0.6) is 5.75 Å². The second kappa shape index (κ2) is 6.45. The van der Waals surface area contributed by atoms with E-state index in [1.807, 2.05) is 0 Å². The summed E-state index contributed by atoms with van der Waals surface area (Å²) < 4.78 is 5.14. The molecule has 116 valence electrons. The van der Waals surface area contributed by atoms with E-state index in [1.165, 1.54) is 13.3 Å². The Kier molecular flexibility index (Phi) is 4.20. The summed E-state index contributed by atoms with van der Waals surface area (Å²) in [5, 5.41) is 11.8. The maximum atomic E-state index is 12.1. The van der Waals surface area contributed by atoms with Crippen LogP contribution < -0.4 is 10.2 Å². The fourth-order valence-corrected chi connectivity index (χ4v) is 2.25. The van der Waals surface area contributed by atoms with Crippen LogP contribution in [0.15, 0.2) is 41.8 Å². The van der Waals surface area contributed by atoms with Crippen molar-refractivity contribution in [2.45, 2.75) is 0 Å². The van der Waals surface area contributed by atoms with E-state index in [1.54, 1.807) is 36.7 Å². The molecule has 0 aliphatic heterocycles. The number of amides is 1. The van der Waals surface area contributed by atoms with Crippen molar-refractivity contribution in [3.63, 3.8) is 0 Å². The third kappa shape index (κ3) is 3.00. The Morgan fingerprint density at radius 3 is 3.04 bits per heavy atom. The van der Waals surface area contributed by atoms with Crippen molar-refractivity contribution in [3.05, 3.63) is 52.9 Å². The molecule has 0 radical (unpaired) electrons. The Morgan fingerprint density at radius 1 is 1.39 bits per heavy atom. The van der Waals surface area contributed by atoms with Crippen molar-refractivity contribution in [2.75, 3.05) is 7.11 Å². The van der Waals surface area contributed by atoms with Crippen molar-refractivity contribution in [3.8, 4) is 5.75 Å². The number of halogens is 1. The number of ether oxygens (including phenoxy) is 1. The van der Waals surface area contributed by atoms with Gasteiger partial charge in [-0.1, -0.05) is 23.7 Å². The Bertz CT molecular complexity index is 890. The zero-order valence-corrected chi connectivity index (χ0v) is 12.8. The quantitative estimate of drug-likeness (QED) is 0.568. The van der Waals surface area contributed by atoms with Gasteiger partial charge in [0, 0.05) is 18.0 Å². The summed E-state index contributed by atoms with van der Waals surface area (Å²) in [6.45, 7) is 0. The highest BCUT2D eigenvalue weighted by molar-refractivity contribution is 6.34. The molecule has 8 heteroatoms. The third-order valence-electron chi connectivity index (χ3n) is 3.17. The van der Waals surface area contributed by atoms with Gasteiger partial charge < -0.3 is 4.74 Å². The van der Waals surface area contributed by atoms with Crippen LogP contribution >= 0.6 is 11.6 Å². The standard InChI is InChI=1S/C15H12ClN5O2/c1-23-12-5-3-2-4-10(12)15(22)21-18-7-9-6-17-8-11-13(9)19-20-14(11)16/h2-8H,1H3,(H,19,20)(H,21,22)/b18-7+. The third-order valence-corrected chi connectivity index (χ3v) is 3.46. The highest BCUT2D eigenvalue weighted by atomic mass is 35.5. The van der Waals surface area contributed by atoms with Crippen LogP contribution in [0.2, 0.25) is 5.15 Å². The van der Waals surface area contributed by atoms with Crippen molar-refractivity contribution in [1.29, 1.82) is 0 Å². The minimum atomic E-state index is -0.376. The Labute approximate surface area is 136 Å². The monoisotopic (exact) mass is 329 g/mol. The largest absolute Gasteiger partial charge is 0.496 e. The molecule has 0 fully saturated rings. The number of hydrogen-bond donors (Lipinski definition) is 2. The van der Waals surface area contributed by atoms with E-state index in [4.69, 9.17) is 16.3 Å². The van der Waals surface area contributed by atoms with E-state index in [0.717, 1.165) is 0 Å². The van der Waals surface area contributed by atoms with E-state index in [9.17, 15) is 4.79 Å². The Morgan fingerprint density at radius 2 is 2.22 bits per heavy atom. The lowest BCUT2D eigenvalue weighted by molar-refractivity contribution is 0.0952. The molecule has 0 aliphatic rings. The predicted molar refractivity (Wildman–Crippen MR) is 87.0 cm³/mol. The lowest BCUT2D eigenvalue weighted by Gasteiger charge is -2.05. The van der Waals surface area contributed by atoms with Crippen LogP contribution in [0.1, 0.15) is 15.9 Å². The molecule has 3 aromatic rings. The topological polar surface area (TPSA) is 92.3 Å².